The summed E-state index contributed by atoms with van der Waals surface area (Å²) in [6.07, 6.45) is -7.67. The normalized spacial score (nSPS) is 19.1. The number of thioether (sulfide) groups is 1. The van der Waals surface area contributed by atoms with E-state index >= 15 is 0 Å². The topological polar surface area (TPSA) is 94.0 Å². The predicted octanol–water partition coefficient (Wildman–Crippen LogP) is 6.79. The number of morpholine rings is 1. The number of ether oxygens (including phenoxy) is 2. The van der Waals surface area contributed by atoms with Crippen molar-refractivity contribution in [2.45, 2.75) is 51.3 Å². The fraction of sp³-hybridized carbons (Fsp3) is 0.400. The minimum Gasteiger partial charge on any atom is -0.444 e. The summed E-state index contributed by atoms with van der Waals surface area (Å²) in [6.45, 7) is 5.27. The van der Waals surface area contributed by atoms with Crippen LogP contribution in [0.15, 0.2) is 47.5 Å². The molecule has 246 valence electrons. The van der Waals surface area contributed by atoms with Crippen molar-refractivity contribution in [2.24, 2.45) is 0 Å². The van der Waals surface area contributed by atoms with Gasteiger partial charge in [0.1, 0.15) is 5.60 Å². The SMILES string of the molecule is CC(C)(C)OC(=O)N1CCOC[C@@H]1CN1C(=O)SC(=Cc2ccc3c(cnn3Cc3ccc(C(F)(F)F)cc3C(F)(F)F)c2)C1=O. The van der Waals surface area contributed by atoms with Crippen molar-refractivity contribution < 1.29 is 50.2 Å². The van der Waals surface area contributed by atoms with E-state index in [0.717, 1.165) is 22.7 Å². The second kappa shape index (κ2) is 12.3. The van der Waals surface area contributed by atoms with Crippen molar-refractivity contribution in [3.63, 3.8) is 0 Å². The number of rotatable bonds is 5. The van der Waals surface area contributed by atoms with Crippen molar-refractivity contribution in [3.8, 4) is 0 Å². The van der Waals surface area contributed by atoms with Crippen LogP contribution in [0.3, 0.4) is 0 Å². The van der Waals surface area contributed by atoms with Crippen molar-refractivity contribution in [1.29, 1.82) is 0 Å². The van der Waals surface area contributed by atoms with Gasteiger partial charge < -0.3 is 9.47 Å². The van der Waals surface area contributed by atoms with Gasteiger partial charge >= 0.3 is 18.4 Å². The highest BCUT2D eigenvalue weighted by Crippen LogP contribution is 2.38. The Morgan fingerprint density at radius 3 is 2.48 bits per heavy atom. The summed E-state index contributed by atoms with van der Waals surface area (Å²) < 4.78 is 92.3. The molecule has 2 saturated heterocycles. The number of halogens is 6. The summed E-state index contributed by atoms with van der Waals surface area (Å²) in [7, 11) is 0. The Morgan fingerprint density at radius 2 is 1.80 bits per heavy atom. The van der Waals surface area contributed by atoms with Crippen LogP contribution in [-0.2, 0) is 33.2 Å². The molecule has 2 fully saturated rings. The number of aromatic nitrogens is 2. The van der Waals surface area contributed by atoms with E-state index < -0.39 is 64.5 Å². The van der Waals surface area contributed by atoms with Gasteiger partial charge in [0.25, 0.3) is 11.1 Å². The Morgan fingerprint density at radius 1 is 1.07 bits per heavy atom. The molecule has 0 radical (unpaired) electrons. The zero-order valence-corrected chi connectivity index (χ0v) is 25.6. The Balaban J connectivity index is 1.33. The summed E-state index contributed by atoms with van der Waals surface area (Å²) in [4.78, 5) is 41.4. The molecule has 0 bridgehead atoms. The molecule has 1 aromatic heterocycles. The highest BCUT2D eigenvalue weighted by atomic mass is 32.2. The lowest BCUT2D eigenvalue weighted by atomic mass is 10.0. The minimum absolute atomic E-state index is 0.0858. The van der Waals surface area contributed by atoms with Crippen LogP contribution in [0, 0.1) is 0 Å². The number of alkyl halides is 6. The van der Waals surface area contributed by atoms with Crippen molar-refractivity contribution in [3.05, 3.63) is 69.8 Å². The molecule has 0 unspecified atom stereocenters. The van der Waals surface area contributed by atoms with Gasteiger partial charge in [-0.2, -0.15) is 31.4 Å². The first-order chi connectivity index (χ1) is 21.4. The maximum absolute atomic E-state index is 13.6. The monoisotopic (exact) mass is 670 g/mol. The number of imide groups is 1. The van der Waals surface area contributed by atoms with E-state index in [0.29, 0.717) is 22.5 Å². The molecule has 2 aliphatic heterocycles. The first-order valence-electron chi connectivity index (χ1n) is 14.0. The Labute approximate surface area is 263 Å². The van der Waals surface area contributed by atoms with Gasteiger partial charge in [-0.05, 0) is 74.0 Å². The fourth-order valence-corrected chi connectivity index (χ4v) is 5.87. The molecule has 2 aliphatic rings. The fourth-order valence-electron chi connectivity index (χ4n) is 5.02. The molecule has 5 rings (SSSR count). The van der Waals surface area contributed by atoms with E-state index in [1.807, 2.05) is 0 Å². The van der Waals surface area contributed by atoms with Gasteiger partial charge in [-0.3, -0.25) is 24.1 Å². The summed E-state index contributed by atoms with van der Waals surface area (Å²) in [6, 6.07) is 5.60. The van der Waals surface area contributed by atoms with E-state index in [-0.39, 0.29) is 37.3 Å². The molecule has 2 aromatic carbocycles. The Hall–Kier alpha value is -4.05. The molecule has 16 heteroatoms. The largest absolute Gasteiger partial charge is 0.444 e. The average Bonchev–Trinajstić information content (AvgIpc) is 3.46. The maximum atomic E-state index is 13.6. The van der Waals surface area contributed by atoms with E-state index in [1.54, 1.807) is 39.0 Å². The molecule has 0 saturated carbocycles. The van der Waals surface area contributed by atoms with Gasteiger partial charge in [-0.1, -0.05) is 12.1 Å². The van der Waals surface area contributed by atoms with Gasteiger partial charge in [-0.25, -0.2) is 4.79 Å². The molecule has 3 heterocycles. The molecule has 3 amide bonds. The highest BCUT2D eigenvalue weighted by Gasteiger charge is 2.41. The standard InChI is InChI=1S/C30H28F6N4O5S/c1-28(2,3)45-26(42)38-8-9-44-16-21(38)15-39-25(41)24(46-27(39)43)11-17-4-7-23-19(10-17)13-37-40(23)14-18-5-6-20(29(31,32)33)12-22(18)30(34,35)36/h4-7,10-13,21H,8-9,14-16H2,1-3H3/t21-/m0/s1. The third-order valence-electron chi connectivity index (χ3n) is 7.15. The first-order valence-corrected chi connectivity index (χ1v) is 14.8. The molecule has 3 aromatic rings. The van der Waals surface area contributed by atoms with Crippen LogP contribution in [0.2, 0.25) is 0 Å². The number of amides is 3. The number of fused-ring (bicyclic) bond motifs is 1. The average molecular weight is 671 g/mol. The van der Waals surface area contributed by atoms with Crippen molar-refractivity contribution in [2.75, 3.05) is 26.3 Å². The van der Waals surface area contributed by atoms with Crippen molar-refractivity contribution in [1.82, 2.24) is 19.6 Å². The number of nitrogens with zero attached hydrogens (tertiary/aromatic N) is 4. The second-order valence-electron chi connectivity index (χ2n) is 11.7. The van der Waals surface area contributed by atoms with Crippen LogP contribution in [-0.4, -0.2) is 74.8 Å². The highest BCUT2D eigenvalue weighted by molar-refractivity contribution is 8.18. The van der Waals surface area contributed by atoms with Crippen LogP contribution in [0.5, 0.6) is 0 Å². The molecule has 46 heavy (non-hydrogen) atoms. The molecule has 0 spiro atoms. The molecule has 0 N–H and O–H groups in total. The van der Waals surface area contributed by atoms with E-state index in [1.165, 1.54) is 21.9 Å². The number of benzene rings is 2. The van der Waals surface area contributed by atoms with Gasteiger partial charge in [-0.15, -0.1) is 0 Å². The van der Waals surface area contributed by atoms with E-state index in [2.05, 4.69) is 5.10 Å². The molecular weight excluding hydrogens is 642 g/mol. The van der Waals surface area contributed by atoms with Crippen LogP contribution in [0.1, 0.15) is 43.0 Å². The van der Waals surface area contributed by atoms with E-state index in [9.17, 15) is 40.7 Å². The number of hydrogen-bond donors (Lipinski definition) is 0. The summed E-state index contributed by atoms with van der Waals surface area (Å²) >= 11 is 0.719. The van der Waals surface area contributed by atoms with Crippen molar-refractivity contribution >= 4 is 46.0 Å². The van der Waals surface area contributed by atoms with Gasteiger partial charge in [0.15, 0.2) is 0 Å². The van der Waals surface area contributed by atoms with Crippen LogP contribution in [0.25, 0.3) is 17.0 Å². The zero-order valence-electron chi connectivity index (χ0n) is 24.7. The lowest BCUT2D eigenvalue weighted by Gasteiger charge is -2.37. The number of carbonyl (C=O) groups excluding carboxylic acids is 3. The maximum Gasteiger partial charge on any atom is 0.416 e. The quantitative estimate of drug-likeness (QED) is 0.218. The van der Waals surface area contributed by atoms with Gasteiger partial charge in [0.2, 0.25) is 0 Å². The van der Waals surface area contributed by atoms with Crippen LogP contribution in [0.4, 0.5) is 35.9 Å². The molecule has 1 atom stereocenters. The number of carbonyl (C=O) groups is 3. The summed E-state index contributed by atoms with van der Waals surface area (Å²) in [5.41, 5.74) is -3.05. The molecule has 9 nitrogen and oxygen atoms in total. The van der Waals surface area contributed by atoms with Gasteiger partial charge in [0, 0.05) is 11.9 Å². The first kappa shape index (κ1) is 33.3. The molecular formula is C30H28F6N4O5S. The number of hydrogen-bond acceptors (Lipinski definition) is 7. The Kier molecular flexibility index (Phi) is 8.90. The third-order valence-corrected chi connectivity index (χ3v) is 8.06. The summed E-state index contributed by atoms with van der Waals surface area (Å²) in [5, 5.41) is 4.08. The molecule has 0 aliphatic carbocycles. The van der Waals surface area contributed by atoms with Crippen LogP contribution < -0.4 is 0 Å². The Bertz CT molecular complexity index is 1710. The zero-order chi connectivity index (χ0) is 33.6. The van der Waals surface area contributed by atoms with E-state index in [4.69, 9.17) is 9.47 Å². The lowest BCUT2D eigenvalue weighted by Crippen LogP contribution is -2.55. The third kappa shape index (κ3) is 7.33. The van der Waals surface area contributed by atoms with Crippen LogP contribution >= 0.6 is 11.8 Å². The smallest absolute Gasteiger partial charge is 0.416 e. The summed E-state index contributed by atoms with van der Waals surface area (Å²) in [5.74, 6) is -0.567. The second-order valence-corrected chi connectivity index (χ2v) is 12.7. The lowest BCUT2D eigenvalue weighted by molar-refractivity contribution is -0.143. The minimum atomic E-state index is -5.02. The predicted molar refractivity (Wildman–Crippen MR) is 156 cm³/mol. The van der Waals surface area contributed by atoms with Gasteiger partial charge in [0.05, 0.1) is 60.1 Å².